The van der Waals surface area contributed by atoms with Crippen molar-refractivity contribution in [2.45, 2.75) is 19.9 Å². The Morgan fingerprint density at radius 2 is 2.10 bits per heavy atom. The van der Waals surface area contributed by atoms with E-state index >= 15 is 0 Å². The normalized spacial score (nSPS) is 11.1. The molecule has 20 heavy (non-hydrogen) atoms. The summed E-state index contributed by atoms with van der Waals surface area (Å²) in [4.78, 5) is 4.60. The van der Waals surface area contributed by atoms with Crippen LogP contribution in [0.2, 0.25) is 10.0 Å². The zero-order valence-corrected chi connectivity index (χ0v) is 12.2. The largest absolute Gasteiger partial charge is 0.246 e. The van der Waals surface area contributed by atoms with Crippen LogP contribution >= 0.6 is 23.2 Å². The molecule has 0 saturated heterocycles. The molecule has 0 unspecified atom stereocenters. The molecule has 0 amide bonds. The third-order valence-corrected chi connectivity index (χ3v) is 3.89. The lowest BCUT2D eigenvalue weighted by Gasteiger charge is -2.05. The molecule has 4 nitrogen and oxygen atoms in total. The van der Waals surface area contributed by atoms with Crippen molar-refractivity contribution in [1.82, 2.24) is 14.8 Å². The molecule has 3 rings (SSSR count). The Morgan fingerprint density at radius 1 is 1.30 bits per heavy atom. The van der Waals surface area contributed by atoms with Crippen molar-refractivity contribution >= 4 is 45.1 Å². The van der Waals surface area contributed by atoms with Crippen LogP contribution in [0.4, 0.5) is 0 Å². The fourth-order valence-electron chi connectivity index (χ4n) is 2.31. The van der Waals surface area contributed by atoms with Crippen molar-refractivity contribution in [3.8, 4) is 6.07 Å². The fraction of sp³-hybridized carbons (Fsp3) is 0.214. The molecule has 0 fully saturated rings. The Kier molecular flexibility index (Phi) is 3.25. The Labute approximate surface area is 125 Å². The minimum atomic E-state index is 0.378. The van der Waals surface area contributed by atoms with Crippen LogP contribution in [0, 0.1) is 18.3 Å². The van der Waals surface area contributed by atoms with E-state index in [1.165, 1.54) is 0 Å². The highest BCUT2D eigenvalue weighted by Crippen LogP contribution is 2.36. The number of aryl methyl sites for hydroxylation is 2. The summed E-state index contributed by atoms with van der Waals surface area (Å²) in [6.45, 7) is 2.37. The summed E-state index contributed by atoms with van der Waals surface area (Å²) >= 11 is 12.7. The monoisotopic (exact) mass is 304 g/mol. The molecule has 0 N–H and O–H groups in total. The average Bonchev–Trinajstić information content (AvgIpc) is 2.73. The second kappa shape index (κ2) is 4.93. The summed E-state index contributed by atoms with van der Waals surface area (Å²) in [6.07, 6.45) is 0.378. The van der Waals surface area contributed by atoms with Crippen molar-refractivity contribution in [2.75, 3.05) is 0 Å². The third-order valence-electron chi connectivity index (χ3n) is 3.19. The third kappa shape index (κ3) is 1.91. The number of hydrogen-bond acceptors (Lipinski definition) is 3. The van der Waals surface area contributed by atoms with E-state index in [2.05, 4.69) is 16.2 Å². The SMILES string of the molecule is Cc1nn(CCC#N)c2nc3cccc(Cl)c3c(Cl)c12. The molecule has 2 heterocycles. The van der Waals surface area contributed by atoms with Crippen molar-refractivity contribution < 1.29 is 0 Å². The maximum atomic E-state index is 8.71. The highest BCUT2D eigenvalue weighted by atomic mass is 35.5. The number of nitrogens with zero attached hydrogens (tertiary/aromatic N) is 4. The summed E-state index contributed by atoms with van der Waals surface area (Å²) in [6, 6.07) is 7.60. The van der Waals surface area contributed by atoms with Crippen molar-refractivity contribution in [3.63, 3.8) is 0 Å². The molecule has 0 spiro atoms. The van der Waals surface area contributed by atoms with Crippen LogP contribution in [-0.4, -0.2) is 14.8 Å². The van der Waals surface area contributed by atoms with Gasteiger partial charge in [-0.15, -0.1) is 0 Å². The van der Waals surface area contributed by atoms with E-state index in [-0.39, 0.29) is 0 Å². The first kappa shape index (κ1) is 13.2. The van der Waals surface area contributed by atoms with Gasteiger partial charge < -0.3 is 0 Å². The van der Waals surface area contributed by atoms with E-state index in [9.17, 15) is 0 Å². The number of pyridine rings is 1. The number of nitriles is 1. The summed E-state index contributed by atoms with van der Waals surface area (Å²) in [7, 11) is 0. The van der Waals surface area contributed by atoms with Crippen LogP contribution in [0.25, 0.3) is 21.9 Å². The fourth-order valence-corrected chi connectivity index (χ4v) is 3.05. The Morgan fingerprint density at radius 3 is 2.85 bits per heavy atom. The van der Waals surface area contributed by atoms with Gasteiger partial charge in [-0.3, -0.25) is 0 Å². The number of fused-ring (bicyclic) bond motifs is 2. The predicted molar refractivity (Wildman–Crippen MR) is 80.0 cm³/mol. The Balaban J connectivity index is 2.40. The molecule has 0 saturated carbocycles. The number of halogens is 2. The molecular formula is C14H10Cl2N4. The summed E-state index contributed by atoms with van der Waals surface area (Å²) in [5, 5.41) is 15.8. The van der Waals surface area contributed by atoms with Gasteiger partial charge >= 0.3 is 0 Å². The molecular weight excluding hydrogens is 295 g/mol. The van der Waals surface area contributed by atoms with Gasteiger partial charge in [0.05, 0.1) is 45.7 Å². The molecule has 0 aliphatic heterocycles. The van der Waals surface area contributed by atoms with Gasteiger partial charge in [0.2, 0.25) is 0 Å². The molecule has 0 aliphatic rings. The van der Waals surface area contributed by atoms with E-state index < -0.39 is 0 Å². The lowest BCUT2D eigenvalue weighted by atomic mass is 10.1. The van der Waals surface area contributed by atoms with Crippen molar-refractivity contribution in [2.24, 2.45) is 0 Å². The van der Waals surface area contributed by atoms with Gasteiger partial charge in [-0.25, -0.2) is 9.67 Å². The first-order valence-electron chi connectivity index (χ1n) is 6.11. The topological polar surface area (TPSA) is 54.5 Å². The highest BCUT2D eigenvalue weighted by Gasteiger charge is 2.16. The smallest absolute Gasteiger partial charge is 0.160 e. The molecule has 0 radical (unpaired) electrons. The maximum absolute atomic E-state index is 8.71. The van der Waals surface area contributed by atoms with Crippen LogP contribution in [0.15, 0.2) is 18.2 Å². The molecule has 0 bridgehead atoms. The molecule has 0 aliphatic carbocycles. The lowest BCUT2D eigenvalue weighted by molar-refractivity contribution is 0.638. The summed E-state index contributed by atoms with van der Waals surface area (Å²) in [5.74, 6) is 0. The Bertz CT molecular complexity index is 861. The number of hydrogen-bond donors (Lipinski definition) is 0. The standard InChI is InChI=1S/C14H10Cl2N4/c1-8-11-13(16)12-9(15)4-2-5-10(12)18-14(11)20(19-8)7-3-6-17/h2,4-5H,3,7H2,1H3. The number of rotatable bonds is 2. The molecule has 100 valence electrons. The van der Waals surface area contributed by atoms with Gasteiger partial charge in [0.25, 0.3) is 0 Å². The van der Waals surface area contributed by atoms with Gasteiger partial charge in [-0.2, -0.15) is 10.4 Å². The van der Waals surface area contributed by atoms with Crippen LogP contribution in [0.5, 0.6) is 0 Å². The van der Waals surface area contributed by atoms with E-state index in [1.54, 1.807) is 10.7 Å². The van der Waals surface area contributed by atoms with Crippen LogP contribution < -0.4 is 0 Å². The molecule has 3 aromatic rings. The first-order valence-corrected chi connectivity index (χ1v) is 6.87. The predicted octanol–water partition coefficient (Wildman–Crippen LogP) is 4.11. The highest BCUT2D eigenvalue weighted by molar-refractivity contribution is 6.45. The van der Waals surface area contributed by atoms with Gasteiger partial charge in [0.1, 0.15) is 0 Å². The van der Waals surface area contributed by atoms with E-state index in [0.717, 1.165) is 22.0 Å². The van der Waals surface area contributed by atoms with Crippen LogP contribution in [-0.2, 0) is 6.54 Å². The minimum Gasteiger partial charge on any atom is -0.246 e. The summed E-state index contributed by atoms with van der Waals surface area (Å²) < 4.78 is 1.72. The van der Waals surface area contributed by atoms with E-state index in [4.69, 9.17) is 28.5 Å². The van der Waals surface area contributed by atoms with E-state index in [0.29, 0.717) is 28.7 Å². The second-order valence-corrected chi connectivity index (χ2v) is 5.26. The van der Waals surface area contributed by atoms with Crippen molar-refractivity contribution in [3.05, 3.63) is 33.9 Å². The zero-order valence-electron chi connectivity index (χ0n) is 10.7. The average molecular weight is 305 g/mol. The molecule has 1 aromatic carbocycles. The zero-order chi connectivity index (χ0) is 14.3. The van der Waals surface area contributed by atoms with Crippen LogP contribution in [0.3, 0.4) is 0 Å². The Hall–Kier alpha value is -1.83. The minimum absolute atomic E-state index is 0.378. The van der Waals surface area contributed by atoms with E-state index in [1.807, 2.05) is 19.1 Å². The maximum Gasteiger partial charge on any atom is 0.160 e. The molecule has 0 atom stereocenters. The quantitative estimate of drug-likeness (QED) is 0.716. The number of benzene rings is 1. The first-order chi connectivity index (χ1) is 9.63. The number of aromatic nitrogens is 3. The lowest BCUT2D eigenvalue weighted by Crippen LogP contribution is -2.00. The van der Waals surface area contributed by atoms with Gasteiger partial charge in [0.15, 0.2) is 5.65 Å². The van der Waals surface area contributed by atoms with Crippen LogP contribution in [0.1, 0.15) is 12.1 Å². The van der Waals surface area contributed by atoms with Crippen molar-refractivity contribution in [1.29, 1.82) is 5.26 Å². The van der Waals surface area contributed by atoms with Gasteiger partial charge in [-0.1, -0.05) is 29.3 Å². The van der Waals surface area contributed by atoms with Gasteiger partial charge in [-0.05, 0) is 19.1 Å². The van der Waals surface area contributed by atoms with Gasteiger partial charge in [0, 0.05) is 5.39 Å². The second-order valence-electron chi connectivity index (χ2n) is 4.48. The summed E-state index contributed by atoms with van der Waals surface area (Å²) in [5.41, 5.74) is 2.21. The molecule has 6 heteroatoms. The molecule has 2 aromatic heterocycles.